The second-order valence-corrected chi connectivity index (χ2v) is 14.6. The first-order chi connectivity index (χ1) is 16.7. The van der Waals surface area contributed by atoms with E-state index < -0.39 is 56.3 Å². The molecule has 0 aliphatic heterocycles. The first-order valence-corrected chi connectivity index (χ1v) is 14.4. The van der Waals surface area contributed by atoms with Gasteiger partial charge in [-0.2, -0.15) is 62.0 Å². The van der Waals surface area contributed by atoms with Crippen LogP contribution in [-0.2, 0) is 32.1 Å². The normalized spacial score (nSPS) is 14.9. The third-order valence-corrected chi connectivity index (χ3v) is 9.81. The fourth-order valence-electron chi connectivity index (χ4n) is 3.15. The van der Waals surface area contributed by atoms with Crippen LogP contribution in [0.25, 0.3) is 0 Å². The Labute approximate surface area is 238 Å². The molecule has 1 nitrogen and oxygen atoms in total. The smallest absolute Gasteiger partial charge is 0.460 e. The van der Waals surface area contributed by atoms with Crippen molar-refractivity contribution >= 4 is 25.9 Å². The van der Waals surface area contributed by atoms with Crippen molar-refractivity contribution in [1.82, 2.24) is 4.90 Å². The van der Waals surface area contributed by atoms with Gasteiger partial charge in [-0.3, -0.25) is 0 Å². The summed E-state index contributed by atoms with van der Waals surface area (Å²) in [6.07, 6.45) is -9.61. The van der Waals surface area contributed by atoms with Gasteiger partial charge in [0.15, 0.2) is 0 Å². The summed E-state index contributed by atoms with van der Waals surface area (Å²) >= 11 is 5.26. The Morgan fingerprint density at radius 3 is 1.56 bits per heavy atom. The number of rotatable bonds is 10. The van der Waals surface area contributed by atoms with Gasteiger partial charge in [0, 0.05) is 31.9 Å². The summed E-state index contributed by atoms with van der Waals surface area (Å²) in [6.45, 7) is 9.50. The summed E-state index contributed by atoms with van der Waals surface area (Å²) in [6, 6.07) is 3.31. The molecule has 0 unspecified atom stereocenters. The molecule has 0 fully saturated rings. The van der Waals surface area contributed by atoms with Gasteiger partial charge >= 0.3 is 35.8 Å². The summed E-state index contributed by atoms with van der Waals surface area (Å²) in [4.78, 5) is 2.08. The molecule has 0 saturated carbocycles. The van der Waals surface area contributed by atoms with E-state index in [1.54, 1.807) is 38.9 Å². The van der Waals surface area contributed by atoms with Gasteiger partial charge in [0.2, 0.25) is 0 Å². The monoisotopic (exact) mass is 677 g/mol. The first-order valence-electron chi connectivity index (χ1n) is 10.8. The summed E-state index contributed by atoms with van der Waals surface area (Å²) < 4.78 is 173. The van der Waals surface area contributed by atoms with E-state index in [0.29, 0.717) is 10.8 Å². The van der Waals surface area contributed by atoms with E-state index in [4.69, 9.17) is 12.6 Å². The largest absolute Gasteiger partial charge is 0.779 e. The number of hydrogen-bond donors (Lipinski definition) is 0. The van der Waals surface area contributed by atoms with Gasteiger partial charge in [-0.25, -0.2) is 0 Å². The van der Waals surface area contributed by atoms with Crippen LogP contribution in [0.5, 0.6) is 0 Å². The molecule has 0 aliphatic rings. The van der Waals surface area contributed by atoms with Gasteiger partial charge in [0.25, 0.3) is 0 Å². The molecule has 17 heteroatoms. The maximum atomic E-state index is 14.2. The van der Waals surface area contributed by atoms with Crippen molar-refractivity contribution in [3.05, 3.63) is 30.7 Å². The van der Waals surface area contributed by atoms with Crippen molar-refractivity contribution in [1.29, 1.82) is 0 Å². The van der Waals surface area contributed by atoms with Gasteiger partial charge in [-0.05, 0) is 27.1 Å². The van der Waals surface area contributed by atoms with Crippen molar-refractivity contribution in [2.75, 3.05) is 14.1 Å². The van der Waals surface area contributed by atoms with Crippen molar-refractivity contribution in [2.24, 2.45) is 0 Å². The summed E-state index contributed by atoms with van der Waals surface area (Å²) in [5.41, 5.74) is 0.660. The molecule has 1 aromatic carbocycles. The zero-order chi connectivity index (χ0) is 30.9. The number of halogens is 13. The fraction of sp³-hybridized carbons (Fsp3) is 0.682. The maximum absolute atomic E-state index is 14.2. The minimum absolute atomic E-state index is 0. The van der Waals surface area contributed by atoms with Crippen LogP contribution in [-0.4, -0.2) is 62.9 Å². The molecular weight excluding hydrogens is 651 g/mol. The van der Waals surface area contributed by atoms with Gasteiger partial charge in [-0.1, -0.05) is 55.9 Å². The predicted octanol–water partition coefficient (Wildman–Crippen LogP) is 8.10. The predicted molar refractivity (Wildman–Crippen MR) is 123 cm³/mol. The molecule has 0 saturated heterocycles. The molecule has 0 aliphatic carbocycles. The third-order valence-electron chi connectivity index (χ3n) is 6.08. The Morgan fingerprint density at radius 1 is 0.795 bits per heavy atom. The van der Waals surface area contributed by atoms with Crippen LogP contribution in [0.3, 0.4) is 0 Å². The molecule has 1 radical (unpaired) electrons. The standard InChI is InChI=1S/C20H24F13NSSi.C2H5.Zn/c1-11(34(2)3)13-7-6-12(10-14(13)35)36(4,5)9-8-15(21,22)16(23,24)17(25,26)18(27,28)19(29,30)20(31,32)33;1-2;/h6-7,10-11,35H,8-9H2,1-5H3;1H2,2H3;/p-1/t11-;;/m1../s1. The molecule has 225 valence electrons. The van der Waals surface area contributed by atoms with Crippen LogP contribution >= 0.6 is 0 Å². The van der Waals surface area contributed by atoms with Crippen molar-refractivity contribution < 1.29 is 76.6 Å². The second kappa shape index (κ2) is 13.1. The number of hydrogen-bond acceptors (Lipinski definition) is 2. The molecule has 1 atom stereocenters. The molecule has 0 bridgehead atoms. The first kappa shape index (κ1) is 40.5. The van der Waals surface area contributed by atoms with E-state index in [9.17, 15) is 57.1 Å². The Bertz CT molecular complexity index is 937. The Morgan fingerprint density at radius 2 is 1.21 bits per heavy atom. The Hall–Kier alpha value is -0.670. The van der Waals surface area contributed by atoms with Crippen LogP contribution in [0.1, 0.15) is 31.9 Å². The number of alkyl halides is 13. The molecular formula is C22H28F13NSSiZn-. The van der Waals surface area contributed by atoms with Crippen LogP contribution in [0.15, 0.2) is 23.1 Å². The van der Waals surface area contributed by atoms with E-state index in [0.717, 1.165) is 0 Å². The molecule has 0 N–H and O–H groups in total. The van der Waals surface area contributed by atoms with Gasteiger partial charge < -0.3 is 17.5 Å². The van der Waals surface area contributed by atoms with Crippen molar-refractivity contribution in [2.45, 2.75) is 86.1 Å². The number of benzene rings is 1. The van der Waals surface area contributed by atoms with E-state index in [1.807, 2.05) is 0 Å². The van der Waals surface area contributed by atoms with E-state index >= 15 is 0 Å². The molecule has 0 aromatic heterocycles. The average Bonchev–Trinajstić information content (AvgIpc) is 2.77. The SMILES string of the molecule is C[C@H](c1ccc([Si](C)(C)CCC(F)(F)C(F)(F)C(F)(F)C(F)(F)C(F)(F)C(F)(F)F)cc1[S-])N(C)C.[CH2]C.[Zn]. The van der Waals surface area contributed by atoms with Crippen LogP contribution < -0.4 is 5.19 Å². The Kier molecular flexibility index (Phi) is 13.6. The molecule has 39 heavy (non-hydrogen) atoms. The topological polar surface area (TPSA) is 3.24 Å². The quantitative estimate of drug-likeness (QED) is 0.140. The van der Waals surface area contributed by atoms with Gasteiger partial charge in [0.05, 0.1) is 8.07 Å². The summed E-state index contributed by atoms with van der Waals surface area (Å²) in [5.74, 6) is -36.7. The second-order valence-electron chi connectivity index (χ2n) is 9.28. The van der Waals surface area contributed by atoms with Crippen molar-refractivity contribution in [3.8, 4) is 0 Å². The Balaban J connectivity index is 0. The van der Waals surface area contributed by atoms with E-state index in [1.165, 1.54) is 25.2 Å². The third kappa shape index (κ3) is 7.59. The van der Waals surface area contributed by atoms with Crippen LogP contribution in [0.4, 0.5) is 57.1 Å². The van der Waals surface area contributed by atoms with Gasteiger partial charge in [0.1, 0.15) is 0 Å². The molecule has 0 heterocycles. The fourth-order valence-corrected chi connectivity index (χ4v) is 5.92. The zero-order valence-electron chi connectivity index (χ0n) is 21.9. The van der Waals surface area contributed by atoms with Crippen molar-refractivity contribution in [3.63, 3.8) is 0 Å². The minimum atomic E-state index is -7.88. The summed E-state index contributed by atoms with van der Waals surface area (Å²) in [7, 11) is 0.286. The van der Waals surface area contributed by atoms with Gasteiger partial charge in [-0.15, -0.1) is 0 Å². The number of nitrogens with zero attached hydrogens (tertiary/aromatic N) is 1. The van der Waals surface area contributed by atoms with Crippen LogP contribution in [0, 0.1) is 6.92 Å². The van der Waals surface area contributed by atoms with E-state index in [-0.39, 0.29) is 30.4 Å². The maximum Gasteiger partial charge on any atom is 0.460 e. The molecule has 1 rings (SSSR count). The summed E-state index contributed by atoms with van der Waals surface area (Å²) in [5, 5.41) is 0.321. The zero-order valence-corrected chi connectivity index (χ0v) is 26.7. The molecule has 0 spiro atoms. The minimum Gasteiger partial charge on any atom is -0.779 e. The average molecular weight is 679 g/mol. The van der Waals surface area contributed by atoms with Crippen LogP contribution in [0.2, 0.25) is 19.1 Å². The van der Waals surface area contributed by atoms with E-state index in [2.05, 4.69) is 6.92 Å². The molecule has 0 amide bonds. The molecule has 1 aromatic rings.